The van der Waals surface area contributed by atoms with E-state index in [0.29, 0.717) is 12.5 Å². The van der Waals surface area contributed by atoms with Crippen molar-refractivity contribution in [3.63, 3.8) is 0 Å². The summed E-state index contributed by atoms with van der Waals surface area (Å²) in [6, 6.07) is 2.10. The molecule has 0 bridgehead atoms. The van der Waals surface area contributed by atoms with E-state index in [4.69, 9.17) is 0 Å². The number of piperidine rings is 1. The van der Waals surface area contributed by atoms with Gasteiger partial charge in [-0.1, -0.05) is 13.3 Å². The van der Waals surface area contributed by atoms with Crippen molar-refractivity contribution >= 4 is 33.2 Å². The first-order valence-corrected chi connectivity index (χ1v) is 8.94. The summed E-state index contributed by atoms with van der Waals surface area (Å²) >= 11 is 5.17. The van der Waals surface area contributed by atoms with Crippen molar-refractivity contribution in [3.05, 3.63) is 20.8 Å². The predicted molar refractivity (Wildman–Crippen MR) is 87.9 cm³/mol. The molecule has 1 N–H and O–H groups in total. The van der Waals surface area contributed by atoms with Gasteiger partial charge in [0, 0.05) is 21.8 Å². The molecule has 0 spiro atoms. The molecule has 1 aromatic heterocycles. The third-order valence-electron chi connectivity index (χ3n) is 4.10. The van der Waals surface area contributed by atoms with Gasteiger partial charge in [0.2, 0.25) is 5.91 Å². The highest BCUT2D eigenvalue weighted by molar-refractivity contribution is 9.10. The molecule has 0 unspecified atom stereocenters. The number of rotatable bonds is 5. The van der Waals surface area contributed by atoms with Crippen LogP contribution in [0.25, 0.3) is 0 Å². The van der Waals surface area contributed by atoms with Crippen LogP contribution < -0.4 is 5.32 Å². The second-order valence-corrected chi connectivity index (χ2v) is 7.58. The van der Waals surface area contributed by atoms with Gasteiger partial charge in [0.25, 0.3) is 0 Å². The Morgan fingerprint density at radius 3 is 2.75 bits per heavy atom. The quantitative estimate of drug-likeness (QED) is 0.871. The van der Waals surface area contributed by atoms with Crippen LogP contribution in [0.3, 0.4) is 0 Å². The first-order valence-electron chi connectivity index (χ1n) is 7.26. The number of nitrogens with zero attached hydrogens (tertiary/aromatic N) is 1. The molecule has 0 saturated carbocycles. The van der Waals surface area contributed by atoms with Crippen LogP contribution in [0.1, 0.15) is 37.5 Å². The highest BCUT2D eigenvalue weighted by atomic mass is 79.9. The molecule has 20 heavy (non-hydrogen) atoms. The van der Waals surface area contributed by atoms with Gasteiger partial charge in [-0.2, -0.15) is 0 Å². The molecule has 0 aromatic carbocycles. The van der Waals surface area contributed by atoms with E-state index in [1.165, 1.54) is 4.88 Å². The topological polar surface area (TPSA) is 32.3 Å². The largest absolute Gasteiger partial charge is 0.340 e. The number of hydrogen-bond acceptors (Lipinski definition) is 3. The Labute approximate surface area is 133 Å². The average Bonchev–Trinajstić information content (AvgIpc) is 2.84. The SMILES string of the molecule is CCCC1(C(=O)N(C)Cc2cc(Br)cs2)CCNCC1. The average molecular weight is 359 g/mol. The maximum absolute atomic E-state index is 12.9. The number of thiophene rings is 1. The first kappa shape index (κ1) is 16.0. The fourth-order valence-electron chi connectivity index (χ4n) is 3.10. The second kappa shape index (κ2) is 7.05. The number of halogens is 1. The first-order chi connectivity index (χ1) is 9.57. The number of carbonyl (C=O) groups excluding carboxylic acids is 1. The van der Waals surface area contributed by atoms with E-state index in [1.807, 2.05) is 11.9 Å². The highest BCUT2D eigenvalue weighted by Gasteiger charge is 2.40. The standard InChI is InChI=1S/C15H23BrN2OS/c1-3-4-15(5-7-17-8-6-15)14(19)18(2)10-13-9-12(16)11-20-13/h9,11,17H,3-8,10H2,1-2H3. The molecular weight excluding hydrogens is 336 g/mol. The van der Waals surface area contributed by atoms with E-state index in [0.717, 1.165) is 43.2 Å². The van der Waals surface area contributed by atoms with Gasteiger partial charge >= 0.3 is 0 Å². The van der Waals surface area contributed by atoms with Gasteiger partial charge in [0.15, 0.2) is 0 Å². The van der Waals surface area contributed by atoms with Crippen molar-refractivity contribution in [2.75, 3.05) is 20.1 Å². The Bertz CT molecular complexity index is 449. The van der Waals surface area contributed by atoms with Crippen LogP contribution >= 0.6 is 27.3 Å². The minimum absolute atomic E-state index is 0.136. The molecule has 0 radical (unpaired) electrons. The zero-order valence-electron chi connectivity index (χ0n) is 12.2. The summed E-state index contributed by atoms with van der Waals surface area (Å²) in [6.07, 6.45) is 4.02. The normalized spacial score (nSPS) is 17.9. The zero-order chi connectivity index (χ0) is 14.6. The summed E-state index contributed by atoms with van der Waals surface area (Å²) in [5.41, 5.74) is -0.136. The van der Waals surface area contributed by atoms with Gasteiger partial charge in [0.05, 0.1) is 12.0 Å². The molecule has 2 heterocycles. The molecule has 1 aromatic rings. The summed E-state index contributed by atoms with van der Waals surface area (Å²) in [5, 5.41) is 5.44. The summed E-state index contributed by atoms with van der Waals surface area (Å²) in [7, 11) is 1.94. The summed E-state index contributed by atoms with van der Waals surface area (Å²) in [4.78, 5) is 16.1. The predicted octanol–water partition coefficient (Wildman–Crippen LogP) is 3.64. The molecule has 1 fully saturated rings. The number of nitrogens with one attached hydrogen (secondary N) is 1. The van der Waals surface area contributed by atoms with Crippen LogP contribution in [0, 0.1) is 5.41 Å². The maximum atomic E-state index is 12.9. The Kier molecular flexibility index (Phi) is 5.64. The Morgan fingerprint density at radius 2 is 2.20 bits per heavy atom. The van der Waals surface area contributed by atoms with Crippen LogP contribution in [0.4, 0.5) is 0 Å². The molecule has 0 aliphatic carbocycles. The minimum Gasteiger partial charge on any atom is -0.340 e. The van der Waals surface area contributed by atoms with Gasteiger partial charge < -0.3 is 10.2 Å². The van der Waals surface area contributed by atoms with Crippen molar-refractivity contribution < 1.29 is 4.79 Å². The summed E-state index contributed by atoms with van der Waals surface area (Å²) < 4.78 is 1.10. The molecule has 5 heteroatoms. The van der Waals surface area contributed by atoms with Crippen LogP contribution in [0.5, 0.6) is 0 Å². The molecule has 2 rings (SSSR count). The highest BCUT2D eigenvalue weighted by Crippen LogP contribution is 2.36. The lowest BCUT2D eigenvalue weighted by Gasteiger charge is -2.39. The van der Waals surface area contributed by atoms with Gasteiger partial charge in [0.1, 0.15) is 0 Å². The van der Waals surface area contributed by atoms with Gasteiger partial charge in [-0.15, -0.1) is 11.3 Å². The van der Waals surface area contributed by atoms with Gasteiger partial charge in [-0.3, -0.25) is 4.79 Å². The molecule has 3 nitrogen and oxygen atoms in total. The van der Waals surface area contributed by atoms with Crippen LogP contribution in [0.15, 0.2) is 15.9 Å². The van der Waals surface area contributed by atoms with Crippen molar-refractivity contribution in [1.82, 2.24) is 10.2 Å². The van der Waals surface area contributed by atoms with Crippen LogP contribution in [0.2, 0.25) is 0 Å². The fourth-order valence-corrected chi connectivity index (χ4v) is 4.61. The van der Waals surface area contributed by atoms with E-state index in [9.17, 15) is 4.79 Å². The molecule has 0 atom stereocenters. The Balaban J connectivity index is 2.06. The smallest absolute Gasteiger partial charge is 0.228 e. The maximum Gasteiger partial charge on any atom is 0.228 e. The van der Waals surface area contributed by atoms with E-state index in [-0.39, 0.29) is 5.41 Å². The Hall–Kier alpha value is -0.390. The minimum atomic E-state index is -0.136. The van der Waals surface area contributed by atoms with Crippen molar-refractivity contribution in [2.24, 2.45) is 5.41 Å². The van der Waals surface area contributed by atoms with Crippen molar-refractivity contribution in [3.8, 4) is 0 Å². The number of amides is 1. The third kappa shape index (κ3) is 3.62. The van der Waals surface area contributed by atoms with Crippen LogP contribution in [-0.2, 0) is 11.3 Å². The zero-order valence-corrected chi connectivity index (χ0v) is 14.6. The monoisotopic (exact) mass is 358 g/mol. The Morgan fingerprint density at radius 1 is 1.50 bits per heavy atom. The summed E-state index contributed by atoms with van der Waals surface area (Å²) in [5.74, 6) is 0.324. The van der Waals surface area contributed by atoms with E-state index >= 15 is 0 Å². The van der Waals surface area contributed by atoms with Crippen molar-refractivity contribution in [2.45, 2.75) is 39.2 Å². The molecule has 1 saturated heterocycles. The van der Waals surface area contributed by atoms with Crippen LogP contribution in [-0.4, -0.2) is 30.9 Å². The molecule has 1 amide bonds. The van der Waals surface area contributed by atoms with E-state index < -0.39 is 0 Å². The lowest BCUT2D eigenvalue weighted by atomic mass is 9.74. The molecule has 1 aliphatic heterocycles. The molecule has 1 aliphatic rings. The van der Waals surface area contributed by atoms with E-state index in [2.05, 4.69) is 39.6 Å². The second-order valence-electron chi connectivity index (χ2n) is 5.67. The lowest BCUT2D eigenvalue weighted by Crippen LogP contribution is -2.47. The number of carbonyl (C=O) groups is 1. The van der Waals surface area contributed by atoms with Crippen molar-refractivity contribution in [1.29, 1.82) is 0 Å². The van der Waals surface area contributed by atoms with Gasteiger partial charge in [-0.05, 0) is 54.3 Å². The lowest BCUT2D eigenvalue weighted by molar-refractivity contribution is -0.143. The number of hydrogen-bond donors (Lipinski definition) is 1. The molecule has 112 valence electrons. The van der Waals surface area contributed by atoms with E-state index in [1.54, 1.807) is 11.3 Å². The summed E-state index contributed by atoms with van der Waals surface area (Å²) in [6.45, 7) is 4.82. The third-order valence-corrected chi connectivity index (χ3v) is 5.79. The van der Waals surface area contributed by atoms with Gasteiger partial charge in [-0.25, -0.2) is 0 Å². The fraction of sp³-hybridized carbons (Fsp3) is 0.667. The molecular formula is C15H23BrN2OS.